The number of aromatic nitrogens is 1. The zero-order valence-corrected chi connectivity index (χ0v) is 15.4. The highest BCUT2D eigenvalue weighted by atomic mass is 16.6. The molecule has 1 aromatic heterocycles. The summed E-state index contributed by atoms with van der Waals surface area (Å²) in [7, 11) is 1.40. The molecule has 6 heteroatoms. The summed E-state index contributed by atoms with van der Waals surface area (Å²) in [5.74, 6) is -0.524. The number of benzene rings is 1. The van der Waals surface area contributed by atoms with Crippen LogP contribution < -0.4 is 5.32 Å². The fourth-order valence-corrected chi connectivity index (χ4v) is 2.74. The molecule has 136 valence electrons. The van der Waals surface area contributed by atoms with Crippen molar-refractivity contribution in [2.75, 3.05) is 7.11 Å². The minimum atomic E-state index is -0.522. The fraction of sp³-hybridized carbons (Fsp3) is 0.474. The molecule has 0 fully saturated rings. The molecule has 0 aliphatic rings. The van der Waals surface area contributed by atoms with Gasteiger partial charge in [-0.25, -0.2) is 4.79 Å². The van der Waals surface area contributed by atoms with E-state index in [4.69, 9.17) is 9.47 Å². The minimum Gasteiger partial charge on any atom is -0.469 e. The van der Waals surface area contributed by atoms with Crippen LogP contribution in [0, 0.1) is 0 Å². The lowest BCUT2D eigenvalue weighted by molar-refractivity contribution is -0.142. The molecule has 1 atom stereocenters. The average Bonchev–Trinajstić information content (AvgIpc) is 2.95. The van der Waals surface area contributed by atoms with Crippen LogP contribution in [0.4, 0.5) is 4.79 Å². The normalized spacial score (nSPS) is 12.7. The number of methoxy groups -OCH3 is 1. The van der Waals surface area contributed by atoms with E-state index in [0.717, 1.165) is 22.0 Å². The van der Waals surface area contributed by atoms with E-state index in [1.807, 2.05) is 52.1 Å². The van der Waals surface area contributed by atoms with E-state index >= 15 is 0 Å². The summed E-state index contributed by atoms with van der Waals surface area (Å²) < 4.78 is 10.1. The standard InChI is InChI=1S/C19H26N2O4/c1-6-13(17(22)24-5)15-11-20-16-9-12(7-8-14(15)16)10-21-18(23)25-19(2,3)4/h7-9,11,13,20H,6,10H2,1-5H3,(H,21,23). The van der Waals surface area contributed by atoms with Gasteiger partial charge in [-0.2, -0.15) is 0 Å². The molecule has 0 saturated heterocycles. The molecule has 0 bridgehead atoms. The van der Waals surface area contributed by atoms with Gasteiger partial charge in [-0.15, -0.1) is 0 Å². The summed E-state index contributed by atoms with van der Waals surface area (Å²) in [5, 5.41) is 3.72. The zero-order chi connectivity index (χ0) is 18.6. The van der Waals surface area contributed by atoms with Gasteiger partial charge in [0.25, 0.3) is 0 Å². The predicted octanol–water partition coefficient (Wildman–Crippen LogP) is 3.86. The second-order valence-corrected chi connectivity index (χ2v) is 6.96. The van der Waals surface area contributed by atoms with E-state index in [1.165, 1.54) is 7.11 Å². The first-order valence-electron chi connectivity index (χ1n) is 8.39. The van der Waals surface area contributed by atoms with Gasteiger partial charge in [0.15, 0.2) is 0 Å². The molecular weight excluding hydrogens is 320 g/mol. The molecule has 6 nitrogen and oxygen atoms in total. The number of rotatable bonds is 5. The van der Waals surface area contributed by atoms with Gasteiger partial charge in [0, 0.05) is 23.6 Å². The van der Waals surface area contributed by atoms with Crippen LogP contribution in [0.5, 0.6) is 0 Å². The molecule has 0 radical (unpaired) electrons. The predicted molar refractivity (Wildman–Crippen MR) is 96.4 cm³/mol. The van der Waals surface area contributed by atoms with Crippen molar-refractivity contribution in [1.29, 1.82) is 0 Å². The van der Waals surface area contributed by atoms with Gasteiger partial charge in [-0.1, -0.05) is 19.1 Å². The lowest BCUT2D eigenvalue weighted by Gasteiger charge is -2.19. The second-order valence-electron chi connectivity index (χ2n) is 6.96. The third-order valence-corrected chi connectivity index (χ3v) is 3.88. The van der Waals surface area contributed by atoms with E-state index in [1.54, 1.807) is 0 Å². The number of aromatic amines is 1. The molecule has 1 heterocycles. The van der Waals surface area contributed by atoms with Gasteiger partial charge in [-0.3, -0.25) is 4.79 Å². The number of alkyl carbamates (subject to hydrolysis) is 1. The summed E-state index contributed by atoms with van der Waals surface area (Å²) in [5.41, 5.74) is 2.26. The van der Waals surface area contributed by atoms with Crippen molar-refractivity contribution >= 4 is 23.0 Å². The van der Waals surface area contributed by atoms with Gasteiger partial charge in [0.05, 0.1) is 13.0 Å². The first-order chi connectivity index (χ1) is 11.7. The van der Waals surface area contributed by atoms with Crippen LogP contribution in [-0.2, 0) is 20.8 Å². The fourth-order valence-electron chi connectivity index (χ4n) is 2.74. The Morgan fingerprint density at radius 3 is 2.60 bits per heavy atom. The minimum absolute atomic E-state index is 0.237. The number of amides is 1. The van der Waals surface area contributed by atoms with Gasteiger partial charge < -0.3 is 19.8 Å². The number of fused-ring (bicyclic) bond motifs is 1. The Morgan fingerprint density at radius 1 is 1.28 bits per heavy atom. The van der Waals surface area contributed by atoms with Crippen molar-refractivity contribution in [2.45, 2.75) is 52.2 Å². The van der Waals surface area contributed by atoms with Gasteiger partial charge >= 0.3 is 12.1 Å². The maximum Gasteiger partial charge on any atom is 0.407 e. The van der Waals surface area contributed by atoms with Crippen molar-refractivity contribution in [3.8, 4) is 0 Å². The summed E-state index contributed by atoms with van der Waals surface area (Å²) in [6, 6.07) is 5.85. The van der Waals surface area contributed by atoms with Gasteiger partial charge in [0.1, 0.15) is 5.60 Å². The Kier molecular flexibility index (Phi) is 5.72. The number of H-pyrrole nitrogens is 1. The van der Waals surface area contributed by atoms with Crippen LogP contribution in [0.1, 0.15) is 51.2 Å². The smallest absolute Gasteiger partial charge is 0.407 e. The van der Waals surface area contributed by atoms with Crippen LogP contribution in [0.15, 0.2) is 24.4 Å². The Bertz CT molecular complexity index is 758. The highest BCUT2D eigenvalue weighted by Gasteiger charge is 2.22. The van der Waals surface area contributed by atoms with Crippen molar-refractivity contribution in [1.82, 2.24) is 10.3 Å². The molecule has 1 unspecified atom stereocenters. The first kappa shape index (κ1) is 18.8. The summed E-state index contributed by atoms with van der Waals surface area (Å²) >= 11 is 0. The van der Waals surface area contributed by atoms with Gasteiger partial charge in [-0.05, 0) is 44.4 Å². The van der Waals surface area contributed by atoms with Gasteiger partial charge in [0.2, 0.25) is 0 Å². The Morgan fingerprint density at radius 2 is 2.00 bits per heavy atom. The number of nitrogens with one attached hydrogen (secondary N) is 2. The summed E-state index contributed by atoms with van der Waals surface area (Å²) in [6.45, 7) is 7.80. The topological polar surface area (TPSA) is 80.4 Å². The molecule has 0 aliphatic heterocycles. The van der Waals surface area contributed by atoms with Crippen molar-refractivity contribution in [3.63, 3.8) is 0 Å². The number of hydrogen-bond acceptors (Lipinski definition) is 4. The second kappa shape index (κ2) is 7.59. The molecule has 25 heavy (non-hydrogen) atoms. The number of ether oxygens (including phenoxy) is 2. The molecule has 1 amide bonds. The van der Waals surface area contributed by atoms with Crippen LogP contribution in [0.2, 0.25) is 0 Å². The van der Waals surface area contributed by atoms with Crippen LogP contribution in [-0.4, -0.2) is 29.8 Å². The SMILES string of the molecule is CCC(C(=O)OC)c1c[nH]c2cc(CNC(=O)OC(C)(C)C)ccc12. The average molecular weight is 346 g/mol. The highest BCUT2D eigenvalue weighted by Crippen LogP contribution is 2.29. The van der Waals surface area contributed by atoms with Crippen LogP contribution in [0.3, 0.4) is 0 Å². The quantitative estimate of drug-likeness (QED) is 0.806. The van der Waals surface area contributed by atoms with Crippen molar-refractivity contribution in [3.05, 3.63) is 35.5 Å². The van der Waals surface area contributed by atoms with E-state index < -0.39 is 11.7 Å². The van der Waals surface area contributed by atoms with E-state index in [9.17, 15) is 9.59 Å². The van der Waals surface area contributed by atoms with Crippen LogP contribution in [0.25, 0.3) is 10.9 Å². The molecule has 0 aliphatic carbocycles. The van der Waals surface area contributed by atoms with E-state index in [-0.39, 0.29) is 11.9 Å². The number of carbonyl (C=O) groups is 2. The number of hydrogen-bond donors (Lipinski definition) is 2. The summed E-state index contributed by atoms with van der Waals surface area (Å²) in [6.07, 6.45) is 2.07. The third kappa shape index (κ3) is 4.75. The maximum atomic E-state index is 11.9. The summed E-state index contributed by atoms with van der Waals surface area (Å²) in [4.78, 5) is 26.9. The van der Waals surface area contributed by atoms with Crippen molar-refractivity contribution < 1.29 is 19.1 Å². The third-order valence-electron chi connectivity index (χ3n) is 3.88. The van der Waals surface area contributed by atoms with Crippen molar-refractivity contribution in [2.24, 2.45) is 0 Å². The number of carbonyl (C=O) groups excluding carboxylic acids is 2. The molecule has 2 N–H and O–H groups in total. The molecule has 0 saturated carbocycles. The van der Waals surface area contributed by atoms with E-state index in [2.05, 4.69) is 10.3 Å². The Labute approximate surface area is 147 Å². The highest BCUT2D eigenvalue weighted by molar-refractivity contribution is 5.90. The number of esters is 1. The molecule has 1 aromatic carbocycles. The monoisotopic (exact) mass is 346 g/mol. The lowest BCUT2D eigenvalue weighted by Crippen LogP contribution is -2.32. The van der Waals surface area contributed by atoms with Crippen LogP contribution >= 0.6 is 0 Å². The largest absolute Gasteiger partial charge is 0.469 e. The molecule has 2 aromatic rings. The first-order valence-corrected chi connectivity index (χ1v) is 8.39. The Balaban J connectivity index is 2.14. The maximum absolute atomic E-state index is 11.9. The molecule has 0 spiro atoms. The zero-order valence-electron chi connectivity index (χ0n) is 15.4. The lowest BCUT2D eigenvalue weighted by atomic mass is 9.95. The molecule has 2 rings (SSSR count). The van der Waals surface area contributed by atoms with E-state index in [0.29, 0.717) is 13.0 Å². The molecular formula is C19H26N2O4. The Hall–Kier alpha value is -2.50.